The molecular weight excluding hydrogens is 292 g/mol. The van der Waals surface area contributed by atoms with E-state index in [1.54, 1.807) is 0 Å². The molecule has 2 aromatic rings. The van der Waals surface area contributed by atoms with Gasteiger partial charge in [0.25, 0.3) is 0 Å². The molecule has 0 saturated carbocycles. The number of benzene rings is 1. The standard InChI is InChI=1S/C14H17ClN4S/c1-4-16-13-17-12(15)18-14(19-13)20-11-7-5-10(6-8-11)9(2)3/h5-9H,4H2,1-3H3,(H,16,17,18,19). The summed E-state index contributed by atoms with van der Waals surface area (Å²) in [7, 11) is 0. The Labute approximate surface area is 128 Å². The van der Waals surface area contributed by atoms with Gasteiger partial charge in [0.2, 0.25) is 11.2 Å². The van der Waals surface area contributed by atoms with Crippen LogP contribution >= 0.6 is 23.4 Å². The van der Waals surface area contributed by atoms with Gasteiger partial charge in [-0.3, -0.25) is 0 Å². The van der Waals surface area contributed by atoms with Gasteiger partial charge in [0.05, 0.1) is 0 Å². The van der Waals surface area contributed by atoms with E-state index in [-0.39, 0.29) is 5.28 Å². The van der Waals surface area contributed by atoms with Crippen molar-refractivity contribution in [3.8, 4) is 0 Å². The Hall–Kier alpha value is -1.33. The van der Waals surface area contributed by atoms with Crippen molar-refractivity contribution in [2.75, 3.05) is 11.9 Å². The predicted molar refractivity (Wildman–Crippen MR) is 83.7 cm³/mol. The fourth-order valence-corrected chi connectivity index (χ4v) is 2.60. The molecule has 0 aliphatic rings. The lowest BCUT2D eigenvalue weighted by molar-refractivity contribution is 0.864. The number of nitrogens with one attached hydrogen (secondary N) is 1. The molecule has 106 valence electrons. The van der Waals surface area contributed by atoms with Crippen LogP contribution in [0.5, 0.6) is 0 Å². The van der Waals surface area contributed by atoms with E-state index < -0.39 is 0 Å². The van der Waals surface area contributed by atoms with Gasteiger partial charge in [-0.2, -0.15) is 15.0 Å². The summed E-state index contributed by atoms with van der Waals surface area (Å²) in [5.41, 5.74) is 1.32. The summed E-state index contributed by atoms with van der Waals surface area (Å²) in [6.07, 6.45) is 0. The lowest BCUT2D eigenvalue weighted by Gasteiger charge is -2.07. The minimum atomic E-state index is 0.206. The van der Waals surface area contributed by atoms with E-state index >= 15 is 0 Å². The van der Waals surface area contributed by atoms with Crippen LogP contribution in [0.25, 0.3) is 0 Å². The quantitative estimate of drug-likeness (QED) is 0.895. The molecule has 0 fully saturated rings. The molecule has 1 aromatic heterocycles. The molecule has 0 amide bonds. The number of hydrogen-bond acceptors (Lipinski definition) is 5. The zero-order valence-electron chi connectivity index (χ0n) is 11.7. The summed E-state index contributed by atoms with van der Waals surface area (Å²) >= 11 is 7.38. The zero-order valence-corrected chi connectivity index (χ0v) is 13.3. The van der Waals surface area contributed by atoms with Crippen LogP contribution < -0.4 is 5.32 Å². The molecule has 0 aliphatic heterocycles. The molecular formula is C14H17ClN4S. The van der Waals surface area contributed by atoms with E-state index in [4.69, 9.17) is 11.6 Å². The molecule has 0 aliphatic carbocycles. The molecule has 0 atom stereocenters. The Morgan fingerprint density at radius 1 is 1.15 bits per heavy atom. The van der Waals surface area contributed by atoms with Gasteiger partial charge in [-0.1, -0.05) is 26.0 Å². The smallest absolute Gasteiger partial charge is 0.228 e. The predicted octanol–water partition coefficient (Wildman–Crippen LogP) is 4.23. The van der Waals surface area contributed by atoms with Gasteiger partial charge in [0.1, 0.15) is 0 Å². The van der Waals surface area contributed by atoms with Crippen LogP contribution in [-0.4, -0.2) is 21.5 Å². The fraction of sp³-hybridized carbons (Fsp3) is 0.357. The van der Waals surface area contributed by atoms with Crippen molar-refractivity contribution in [3.63, 3.8) is 0 Å². The third-order valence-electron chi connectivity index (χ3n) is 2.68. The van der Waals surface area contributed by atoms with Gasteiger partial charge in [-0.05, 0) is 53.9 Å². The summed E-state index contributed by atoms with van der Waals surface area (Å²) in [6.45, 7) is 7.08. The van der Waals surface area contributed by atoms with Crippen LogP contribution in [0.3, 0.4) is 0 Å². The van der Waals surface area contributed by atoms with Crippen molar-refractivity contribution in [1.82, 2.24) is 15.0 Å². The van der Waals surface area contributed by atoms with E-state index in [9.17, 15) is 0 Å². The van der Waals surface area contributed by atoms with Gasteiger partial charge in [-0.15, -0.1) is 0 Å². The van der Waals surface area contributed by atoms with Crippen LogP contribution in [0, 0.1) is 0 Å². The van der Waals surface area contributed by atoms with Gasteiger partial charge in [0, 0.05) is 11.4 Å². The molecule has 0 saturated heterocycles. The molecule has 4 nitrogen and oxygen atoms in total. The van der Waals surface area contributed by atoms with Crippen LogP contribution in [0.15, 0.2) is 34.3 Å². The maximum atomic E-state index is 5.90. The number of halogens is 1. The summed E-state index contributed by atoms with van der Waals surface area (Å²) in [6, 6.07) is 8.40. The third kappa shape index (κ3) is 4.08. The van der Waals surface area contributed by atoms with E-state index in [0.29, 0.717) is 17.0 Å². The zero-order chi connectivity index (χ0) is 14.5. The summed E-state index contributed by atoms with van der Waals surface area (Å²) in [5.74, 6) is 1.04. The number of nitrogens with zero attached hydrogens (tertiary/aromatic N) is 3. The summed E-state index contributed by atoms with van der Waals surface area (Å²) < 4.78 is 0. The Balaban J connectivity index is 2.16. The number of anilines is 1. The molecule has 6 heteroatoms. The Kier molecular flexibility index (Phi) is 5.20. The highest BCUT2D eigenvalue weighted by molar-refractivity contribution is 7.99. The Morgan fingerprint density at radius 3 is 2.45 bits per heavy atom. The van der Waals surface area contributed by atoms with Crippen molar-refractivity contribution < 1.29 is 0 Å². The molecule has 1 N–H and O–H groups in total. The number of aromatic nitrogens is 3. The monoisotopic (exact) mass is 308 g/mol. The van der Waals surface area contributed by atoms with Crippen molar-refractivity contribution in [3.05, 3.63) is 35.1 Å². The van der Waals surface area contributed by atoms with Gasteiger partial charge < -0.3 is 5.32 Å². The van der Waals surface area contributed by atoms with Crippen molar-refractivity contribution in [2.24, 2.45) is 0 Å². The number of rotatable bonds is 5. The minimum Gasteiger partial charge on any atom is -0.354 e. The highest BCUT2D eigenvalue weighted by atomic mass is 35.5. The second-order valence-electron chi connectivity index (χ2n) is 4.57. The molecule has 1 aromatic carbocycles. The molecule has 0 unspecified atom stereocenters. The van der Waals surface area contributed by atoms with Crippen LogP contribution in [0.1, 0.15) is 32.3 Å². The Morgan fingerprint density at radius 2 is 1.85 bits per heavy atom. The van der Waals surface area contributed by atoms with E-state index in [1.165, 1.54) is 17.3 Å². The second kappa shape index (κ2) is 6.90. The van der Waals surface area contributed by atoms with Gasteiger partial charge in [0.15, 0.2) is 5.16 Å². The minimum absolute atomic E-state index is 0.206. The highest BCUT2D eigenvalue weighted by Crippen LogP contribution is 2.27. The number of hydrogen-bond donors (Lipinski definition) is 1. The molecule has 20 heavy (non-hydrogen) atoms. The SMILES string of the molecule is CCNc1nc(Cl)nc(Sc2ccc(C(C)C)cc2)n1. The second-order valence-corrected chi connectivity index (χ2v) is 5.95. The van der Waals surface area contributed by atoms with Crippen molar-refractivity contribution >= 4 is 29.3 Å². The van der Waals surface area contributed by atoms with E-state index in [0.717, 1.165) is 11.4 Å². The van der Waals surface area contributed by atoms with E-state index in [1.807, 2.05) is 6.92 Å². The van der Waals surface area contributed by atoms with Crippen molar-refractivity contribution in [1.29, 1.82) is 0 Å². The van der Waals surface area contributed by atoms with Crippen LogP contribution in [0.4, 0.5) is 5.95 Å². The summed E-state index contributed by atoms with van der Waals surface area (Å²) in [4.78, 5) is 13.6. The molecule has 0 bridgehead atoms. The first-order valence-electron chi connectivity index (χ1n) is 6.51. The van der Waals surface area contributed by atoms with E-state index in [2.05, 4.69) is 58.4 Å². The first-order chi connectivity index (χ1) is 9.58. The first kappa shape index (κ1) is 15.1. The van der Waals surface area contributed by atoms with Crippen LogP contribution in [-0.2, 0) is 0 Å². The lowest BCUT2D eigenvalue weighted by atomic mass is 10.0. The highest BCUT2D eigenvalue weighted by Gasteiger charge is 2.07. The lowest BCUT2D eigenvalue weighted by Crippen LogP contribution is -2.04. The van der Waals surface area contributed by atoms with Crippen molar-refractivity contribution in [2.45, 2.75) is 36.7 Å². The molecule has 2 rings (SSSR count). The molecule has 1 heterocycles. The topological polar surface area (TPSA) is 50.7 Å². The maximum absolute atomic E-state index is 5.90. The molecule has 0 spiro atoms. The summed E-state index contributed by atoms with van der Waals surface area (Å²) in [5, 5.41) is 3.84. The van der Waals surface area contributed by atoms with Gasteiger partial charge >= 0.3 is 0 Å². The third-order valence-corrected chi connectivity index (χ3v) is 3.72. The average molecular weight is 309 g/mol. The first-order valence-corrected chi connectivity index (χ1v) is 7.71. The Bertz CT molecular complexity index is 572. The normalized spacial score (nSPS) is 10.8. The largest absolute Gasteiger partial charge is 0.354 e. The van der Waals surface area contributed by atoms with Gasteiger partial charge in [-0.25, -0.2) is 0 Å². The molecule has 0 radical (unpaired) electrons. The average Bonchev–Trinajstić information content (AvgIpc) is 2.39. The van der Waals surface area contributed by atoms with Crippen LogP contribution in [0.2, 0.25) is 5.28 Å². The fourth-order valence-electron chi connectivity index (χ4n) is 1.64. The maximum Gasteiger partial charge on any atom is 0.228 e.